The van der Waals surface area contributed by atoms with Crippen LogP contribution in [0.1, 0.15) is 35.0 Å². The summed E-state index contributed by atoms with van der Waals surface area (Å²) in [4.78, 5) is 0. The van der Waals surface area contributed by atoms with Gasteiger partial charge in [-0.3, -0.25) is 4.68 Å². The van der Waals surface area contributed by atoms with E-state index in [4.69, 9.17) is 0 Å². The molecule has 0 radical (unpaired) electrons. The van der Waals surface area contributed by atoms with Crippen LogP contribution in [0.5, 0.6) is 0 Å². The molecule has 0 fully saturated rings. The van der Waals surface area contributed by atoms with Crippen LogP contribution in [0.3, 0.4) is 0 Å². The van der Waals surface area contributed by atoms with Crippen molar-refractivity contribution in [3.05, 3.63) is 52.3 Å². The van der Waals surface area contributed by atoms with Crippen molar-refractivity contribution < 1.29 is 0 Å². The van der Waals surface area contributed by atoms with Gasteiger partial charge in [0.2, 0.25) is 0 Å². The van der Waals surface area contributed by atoms with Crippen LogP contribution in [0.15, 0.2) is 24.3 Å². The molecule has 0 aliphatic heterocycles. The Hall–Kier alpha value is -1.61. The highest BCUT2D eigenvalue weighted by Crippen LogP contribution is 2.15. The fourth-order valence-electron chi connectivity index (χ4n) is 2.90. The molecule has 114 valence electrons. The Kier molecular flexibility index (Phi) is 5.18. The molecule has 0 aliphatic carbocycles. The molecule has 1 aromatic carbocycles. The first-order chi connectivity index (χ1) is 9.99. The Balaban J connectivity index is 2.15. The van der Waals surface area contributed by atoms with E-state index >= 15 is 0 Å². The van der Waals surface area contributed by atoms with Crippen molar-refractivity contribution in [2.24, 2.45) is 7.05 Å². The lowest BCUT2D eigenvalue weighted by Crippen LogP contribution is -2.34. The van der Waals surface area contributed by atoms with E-state index in [9.17, 15) is 0 Å². The standard InChI is InChI=1S/C18H27N3/c1-6-19-17(12-18-10-15(4)20-21(18)5)11-16-9-13(2)7-8-14(16)3/h7-10,17,19H,6,11-12H2,1-5H3. The summed E-state index contributed by atoms with van der Waals surface area (Å²) in [7, 11) is 2.03. The normalized spacial score (nSPS) is 12.6. The molecule has 0 aliphatic rings. The van der Waals surface area contributed by atoms with Gasteiger partial charge in [-0.25, -0.2) is 0 Å². The van der Waals surface area contributed by atoms with E-state index in [0.29, 0.717) is 6.04 Å². The molecule has 1 atom stereocenters. The van der Waals surface area contributed by atoms with E-state index in [1.165, 1.54) is 22.4 Å². The zero-order valence-corrected chi connectivity index (χ0v) is 13.9. The van der Waals surface area contributed by atoms with Gasteiger partial charge in [0, 0.05) is 25.2 Å². The highest BCUT2D eigenvalue weighted by molar-refractivity contribution is 5.31. The number of aryl methyl sites for hydroxylation is 4. The predicted octanol–water partition coefficient (Wildman–Crippen LogP) is 3.11. The largest absolute Gasteiger partial charge is 0.314 e. The maximum absolute atomic E-state index is 4.45. The lowest BCUT2D eigenvalue weighted by Gasteiger charge is -2.19. The SMILES string of the molecule is CCNC(Cc1cc(C)ccc1C)Cc1cc(C)nn1C. The lowest BCUT2D eigenvalue weighted by molar-refractivity contribution is 0.503. The van der Waals surface area contributed by atoms with Crippen molar-refractivity contribution in [3.8, 4) is 0 Å². The molecule has 0 bridgehead atoms. The minimum atomic E-state index is 0.449. The van der Waals surface area contributed by atoms with E-state index in [1.807, 2.05) is 11.7 Å². The van der Waals surface area contributed by atoms with Crippen LogP contribution >= 0.6 is 0 Å². The van der Waals surface area contributed by atoms with Gasteiger partial charge in [0.1, 0.15) is 0 Å². The second-order valence-electron chi connectivity index (χ2n) is 5.99. The van der Waals surface area contributed by atoms with E-state index in [0.717, 1.165) is 25.1 Å². The summed E-state index contributed by atoms with van der Waals surface area (Å²) in [5.74, 6) is 0. The van der Waals surface area contributed by atoms with Crippen molar-refractivity contribution in [1.29, 1.82) is 0 Å². The number of benzene rings is 1. The van der Waals surface area contributed by atoms with Crippen molar-refractivity contribution in [2.45, 2.75) is 46.6 Å². The number of hydrogen-bond acceptors (Lipinski definition) is 2. The topological polar surface area (TPSA) is 29.9 Å². The molecule has 0 amide bonds. The maximum atomic E-state index is 4.45. The van der Waals surface area contributed by atoms with Crippen LogP contribution in [-0.2, 0) is 19.9 Å². The summed E-state index contributed by atoms with van der Waals surface area (Å²) in [5.41, 5.74) is 6.55. The molecular formula is C18H27N3. The van der Waals surface area contributed by atoms with Crippen molar-refractivity contribution in [2.75, 3.05) is 6.54 Å². The Bertz CT molecular complexity index is 599. The van der Waals surface area contributed by atoms with Gasteiger partial charge >= 0.3 is 0 Å². The number of rotatable bonds is 6. The molecule has 1 N–H and O–H groups in total. The van der Waals surface area contributed by atoms with Crippen molar-refractivity contribution >= 4 is 0 Å². The zero-order valence-electron chi connectivity index (χ0n) is 13.9. The summed E-state index contributed by atoms with van der Waals surface area (Å²) in [6.45, 7) is 9.58. The molecule has 2 rings (SSSR count). The summed E-state index contributed by atoms with van der Waals surface area (Å²) in [6, 6.07) is 9.36. The van der Waals surface area contributed by atoms with Gasteiger partial charge in [-0.15, -0.1) is 0 Å². The number of likely N-dealkylation sites (N-methyl/N-ethyl adjacent to an activating group) is 1. The molecule has 1 aromatic heterocycles. The summed E-state index contributed by atoms with van der Waals surface area (Å²) in [6.07, 6.45) is 2.07. The molecule has 3 heteroatoms. The van der Waals surface area contributed by atoms with E-state index in [2.05, 4.69) is 62.4 Å². The van der Waals surface area contributed by atoms with Gasteiger partial charge in [0.15, 0.2) is 0 Å². The Labute approximate surface area is 128 Å². The van der Waals surface area contributed by atoms with E-state index in [-0.39, 0.29) is 0 Å². The number of hydrogen-bond donors (Lipinski definition) is 1. The van der Waals surface area contributed by atoms with Gasteiger partial charge in [-0.05, 0) is 50.9 Å². The Morgan fingerprint density at radius 1 is 1.14 bits per heavy atom. The maximum Gasteiger partial charge on any atom is 0.0596 e. The van der Waals surface area contributed by atoms with E-state index in [1.54, 1.807) is 0 Å². The quantitative estimate of drug-likeness (QED) is 0.884. The average Bonchev–Trinajstić information content (AvgIpc) is 2.72. The molecule has 0 spiro atoms. The molecule has 0 saturated carbocycles. The molecule has 0 saturated heterocycles. The van der Waals surface area contributed by atoms with Crippen molar-refractivity contribution in [1.82, 2.24) is 15.1 Å². The molecular weight excluding hydrogens is 258 g/mol. The minimum absolute atomic E-state index is 0.449. The fraction of sp³-hybridized carbons (Fsp3) is 0.500. The third-order valence-electron chi connectivity index (χ3n) is 4.02. The second kappa shape index (κ2) is 6.90. The van der Waals surface area contributed by atoms with Crippen LogP contribution in [0, 0.1) is 20.8 Å². The average molecular weight is 285 g/mol. The monoisotopic (exact) mass is 285 g/mol. The molecule has 1 unspecified atom stereocenters. The first kappa shape index (κ1) is 15.8. The van der Waals surface area contributed by atoms with Crippen molar-refractivity contribution in [3.63, 3.8) is 0 Å². The molecule has 21 heavy (non-hydrogen) atoms. The van der Waals surface area contributed by atoms with Gasteiger partial charge < -0.3 is 5.32 Å². The van der Waals surface area contributed by atoms with Crippen LogP contribution < -0.4 is 5.32 Å². The number of aromatic nitrogens is 2. The molecule has 2 aromatic rings. The fourth-order valence-corrected chi connectivity index (χ4v) is 2.90. The van der Waals surface area contributed by atoms with Gasteiger partial charge in [-0.1, -0.05) is 30.7 Å². The number of nitrogens with zero attached hydrogens (tertiary/aromatic N) is 2. The van der Waals surface area contributed by atoms with Gasteiger partial charge in [-0.2, -0.15) is 5.10 Å². The summed E-state index contributed by atoms with van der Waals surface area (Å²) in [5, 5.41) is 8.07. The third-order valence-corrected chi connectivity index (χ3v) is 4.02. The van der Waals surface area contributed by atoms with Crippen LogP contribution in [0.25, 0.3) is 0 Å². The molecule has 1 heterocycles. The second-order valence-corrected chi connectivity index (χ2v) is 5.99. The first-order valence-corrected chi connectivity index (χ1v) is 7.78. The minimum Gasteiger partial charge on any atom is -0.314 e. The van der Waals surface area contributed by atoms with Crippen LogP contribution in [0.4, 0.5) is 0 Å². The van der Waals surface area contributed by atoms with Gasteiger partial charge in [0.25, 0.3) is 0 Å². The Morgan fingerprint density at radius 2 is 1.90 bits per heavy atom. The highest BCUT2D eigenvalue weighted by atomic mass is 15.3. The number of nitrogens with one attached hydrogen (secondary N) is 1. The Morgan fingerprint density at radius 3 is 2.52 bits per heavy atom. The predicted molar refractivity (Wildman–Crippen MR) is 88.7 cm³/mol. The van der Waals surface area contributed by atoms with Crippen LogP contribution in [0.2, 0.25) is 0 Å². The lowest BCUT2D eigenvalue weighted by atomic mass is 9.96. The molecule has 3 nitrogen and oxygen atoms in total. The summed E-state index contributed by atoms with van der Waals surface area (Å²) < 4.78 is 2.00. The smallest absolute Gasteiger partial charge is 0.0596 e. The highest BCUT2D eigenvalue weighted by Gasteiger charge is 2.14. The zero-order chi connectivity index (χ0) is 15.4. The third kappa shape index (κ3) is 4.18. The van der Waals surface area contributed by atoms with E-state index < -0.39 is 0 Å². The van der Waals surface area contributed by atoms with Gasteiger partial charge in [0.05, 0.1) is 5.69 Å². The first-order valence-electron chi connectivity index (χ1n) is 7.78. The summed E-state index contributed by atoms with van der Waals surface area (Å²) >= 11 is 0. The van der Waals surface area contributed by atoms with Crippen LogP contribution in [-0.4, -0.2) is 22.4 Å².